The van der Waals surface area contributed by atoms with E-state index in [1.807, 2.05) is 25.7 Å². The molecule has 0 bridgehead atoms. The summed E-state index contributed by atoms with van der Waals surface area (Å²) in [6, 6.07) is 8.63. The quantitative estimate of drug-likeness (QED) is 0.667. The Morgan fingerprint density at radius 1 is 1.00 bits per heavy atom. The van der Waals surface area contributed by atoms with Crippen molar-refractivity contribution in [1.29, 1.82) is 0 Å². The molecule has 0 saturated carbocycles. The number of benzene rings is 1. The zero-order valence-electron chi connectivity index (χ0n) is 20.9. The molecule has 1 amide bonds. The lowest BCUT2D eigenvalue weighted by Gasteiger charge is -2.32. The molecule has 0 aromatic heterocycles. The third-order valence-electron chi connectivity index (χ3n) is 7.52. The first-order chi connectivity index (χ1) is 14.8. The number of hydrogen-bond acceptors (Lipinski definition) is 5. The average molecular weight is 442 g/mol. The number of carbonyl (C=O) groups is 1. The number of likely N-dealkylation sites (tertiary alicyclic amines) is 2. The number of amides is 1. The summed E-state index contributed by atoms with van der Waals surface area (Å²) < 4.78 is 17.9. The van der Waals surface area contributed by atoms with Crippen LogP contribution >= 0.6 is 0 Å². The van der Waals surface area contributed by atoms with Crippen LogP contribution < -0.4 is 5.46 Å². The second-order valence-corrected chi connectivity index (χ2v) is 11.9. The summed E-state index contributed by atoms with van der Waals surface area (Å²) >= 11 is 0. The van der Waals surface area contributed by atoms with Crippen LogP contribution in [0.2, 0.25) is 0 Å². The van der Waals surface area contributed by atoms with Crippen molar-refractivity contribution < 1.29 is 18.8 Å². The molecule has 4 rings (SSSR count). The van der Waals surface area contributed by atoms with Gasteiger partial charge in [0.15, 0.2) is 0 Å². The molecule has 3 heterocycles. The molecular weight excluding hydrogens is 403 g/mol. The number of rotatable bonds is 3. The number of nitrogens with zero attached hydrogens (tertiary/aromatic N) is 2. The fourth-order valence-electron chi connectivity index (χ4n) is 4.93. The molecule has 176 valence electrons. The van der Waals surface area contributed by atoms with Gasteiger partial charge in [-0.05, 0) is 78.9 Å². The van der Waals surface area contributed by atoms with Crippen LogP contribution in [0.3, 0.4) is 0 Å². The van der Waals surface area contributed by atoms with Crippen LogP contribution in [0.15, 0.2) is 24.3 Å². The van der Waals surface area contributed by atoms with Crippen LogP contribution in [-0.2, 0) is 20.6 Å². The number of ether oxygens (including phenoxy) is 1. The molecule has 3 aliphatic heterocycles. The summed E-state index contributed by atoms with van der Waals surface area (Å²) in [5, 5.41) is 0. The van der Waals surface area contributed by atoms with E-state index < -0.39 is 5.60 Å². The monoisotopic (exact) mass is 442 g/mol. The SMILES string of the molecule is CC(C)(C)OC(=O)N1CCC2(CCN(Cc3ccc(B4OC(C)(C)C(C)(C)O4)cc3)C2)C1. The fraction of sp³-hybridized carbons (Fsp3) is 0.720. The lowest BCUT2D eigenvalue weighted by Crippen LogP contribution is -2.41. The maximum atomic E-state index is 12.5. The average Bonchev–Trinajstić information content (AvgIpc) is 3.32. The highest BCUT2D eigenvalue weighted by Crippen LogP contribution is 2.40. The van der Waals surface area contributed by atoms with Gasteiger partial charge in [-0.15, -0.1) is 0 Å². The van der Waals surface area contributed by atoms with Gasteiger partial charge in [-0.2, -0.15) is 0 Å². The molecule has 1 aromatic rings. The second-order valence-electron chi connectivity index (χ2n) is 11.9. The summed E-state index contributed by atoms with van der Waals surface area (Å²) in [4.78, 5) is 16.9. The summed E-state index contributed by atoms with van der Waals surface area (Å²) in [5.74, 6) is 0. The smallest absolute Gasteiger partial charge is 0.444 e. The highest BCUT2D eigenvalue weighted by Gasteiger charge is 2.51. The minimum atomic E-state index is -0.444. The fourth-order valence-corrected chi connectivity index (χ4v) is 4.93. The summed E-state index contributed by atoms with van der Waals surface area (Å²) in [5.41, 5.74) is 1.47. The minimum Gasteiger partial charge on any atom is -0.444 e. The summed E-state index contributed by atoms with van der Waals surface area (Å²) in [6.45, 7) is 18.7. The molecule has 1 aromatic carbocycles. The van der Waals surface area contributed by atoms with Crippen molar-refractivity contribution in [3.8, 4) is 0 Å². The molecule has 0 N–H and O–H groups in total. The third kappa shape index (κ3) is 4.85. The van der Waals surface area contributed by atoms with Crippen LogP contribution in [0.25, 0.3) is 0 Å². The molecule has 3 fully saturated rings. The van der Waals surface area contributed by atoms with Crippen LogP contribution in [-0.4, -0.2) is 66.0 Å². The predicted molar refractivity (Wildman–Crippen MR) is 127 cm³/mol. The summed E-state index contributed by atoms with van der Waals surface area (Å²) in [7, 11) is -0.318. The maximum Gasteiger partial charge on any atom is 0.494 e. The van der Waals surface area contributed by atoms with Gasteiger partial charge in [0.2, 0.25) is 0 Å². The molecule has 3 saturated heterocycles. The van der Waals surface area contributed by atoms with Gasteiger partial charge in [0.1, 0.15) is 5.60 Å². The standard InChI is InChI=1S/C25H39BN2O4/c1-22(2,3)30-21(29)28-15-13-25(18-28)12-14-27(17-25)16-19-8-10-20(11-9-19)26-31-23(4,5)24(6,7)32-26/h8-11H,12-18H2,1-7H3. The summed E-state index contributed by atoms with van der Waals surface area (Å²) in [6.07, 6.45) is 2.02. The zero-order valence-corrected chi connectivity index (χ0v) is 20.9. The third-order valence-corrected chi connectivity index (χ3v) is 7.52. The van der Waals surface area contributed by atoms with Crippen molar-refractivity contribution in [1.82, 2.24) is 9.80 Å². The Balaban J connectivity index is 1.31. The van der Waals surface area contributed by atoms with E-state index in [1.165, 1.54) is 5.56 Å². The van der Waals surface area contributed by atoms with Gasteiger partial charge in [-0.25, -0.2) is 4.79 Å². The van der Waals surface area contributed by atoms with Gasteiger partial charge in [0.25, 0.3) is 0 Å². The Morgan fingerprint density at radius 2 is 1.59 bits per heavy atom. The Labute approximate surface area is 193 Å². The molecule has 1 atom stereocenters. The van der Waals surface area contributed by atoms with Crippen molar-refractivity contribution in [2.24, 2.45) is 5.41 Å². The lowest BCUT2D eigenvalue weighted by molar-refractivity contribution is 0.00578. The molecule has 3 aliphatic rings. The van der Waals surface area contributed by atoms with Gasteiger partial charge < -0.3 is 18.9 Å². The van der Waals surface area contributed by atoms with Gasteiger partial charge in [-0.1, -0.05) is 24.3 Å². The maximum absolute atomic E-state index is 12.5. The lowest BCUT2D eigenvalue weighted by atomic mass is 9.79. The van der Waals surface area contributed by atoms with E-state index >= 15 is 0 Å². The van der Waals surface area contributed by atoms with E-state index in [2.05, 4.69) is 56.9 Å². The Morgan fingerprint density at radius 3 is 2.19 bits per heavy atom. The molecule has 0 radical (unpaired) electrons. The molecule has 6 nitrogen and oxygen atoms in total. The predicted octanol–water partition coefficient (Wildman–Crippen LogP) is 3.82. The molecule has 1 unspecified atom stereocenters. The number of hydrogen-bond donors (Lipinski definition) is 0. The molecule has 7 heteroatoms. The molecule has 1 spiro atoms. The van der Waals surface area contributed by atoms with Crippen molar-refractivity contribution in [2.45, 2.75) is 84.7 Å². The van der Waals surface area contributed by atoms with Crippen LogP contribution in [0.1, 0.15) is 66.9 Å². The number of carbonyl (C=O) groups excluding carboxylic acids is 1. The Hall–Kier alpha value is -1.57. The minimum absolute atomic E-state index is 0.175. The van der Waals surface area contributed by atoms with Crippen molar-refractivity contribution >= 4 is 18.7 Å². The van der Waals surface area contributed by atoms with Gasteiger partial charge in [-0.3, -0.25) is 4.90 Å². The van der Waals surface area contributed by atoms with Gasteiger partial charge in [0, 0.05) is 31.6 Å². The van der Waals surface area contributed by atoms with E-state index in [-0.39, 0.29) is 29.8 Å². The van der Waals surface area contributed by atoms with Gasteiger partial charge >= 0.3 is 13.2 Å². The van der Waals surface area contributed by atoms with E-state index in [1.54, 1.807) is 0 Å². The molecular formula is C25H39BN2O4. The second kappa shape index (κ2) is 8.03. The normalized spacial score (nSPS) is 27.5. The van der Waals surface area contributed by atoms with Crippen LogP contribution in [0.5, 0.6) is 0 Å². The highest BCUT2D eigenvalue weighted by atomic mass is 16.7. The zero-order chi connectivity index (χ0) is 23.4. The van der Waals surface area contributed by atoms with E-state index in [4.69, 9.17) is 14.0 Å². The van der Waals surface area contributed by atoms with Crippen molar-refractivity contribution in [3.05, 3.63) is 29.8 Å². The largest absolute Gasteiger partial charge is 0.494 e. The van der Waals surface area contributed by atoms with Crippen LogP contribution in [0.4, 0.5) is 4.79 Å². The van der Waals surface area contributed by atoms with E-state index in [9.17, 15) is 4.79 Å². The van der Waals surface area contributed by atoms with Crippen molar-refractivity contribution in [3.63, 3.8) is 0 Å². The van der Waals surface area contributed by atoms with Gasteiger partial charge in [0.05, 0.1) is 11.2 Å². The molecule has 0 aliphatic carbocycles. The Bertz CT molecular complexity index is 832. The van der Waals surface area contributed by atoms with E-state index in [0.29, 0.717) is 0 Å². The first kappa shape index (κ1) is 23.6. The first-order valence-electron chi connectivity index (χ1n) is 11.9. The first-order valence-corrected chi connectivity index (χ1v) is 11.9. The molecule has 32 heavy (non-hydrogen) atoms. The highest BCUT2D eigenvalue weighted by molar-refractivity contribution is 6.62. The Kier molecular flexibility index (Phi) is 5.92. The van der Waals surface area contributed by atoms with E-state index in [0.717, 1.165) is 51.0 Å². The van der Waals surface area contributed by atoms with Crippen LogP contribution in [0, 0.1) is 5.41 Å². The topological polar surface area (TPSA) is 51.2 Å². The van der Waals surface area contributed by atoms with Crippen molar-refractivity contribution in [2.75, 3.05) is 26.2 Å².